The molecule has 4 heteroatoms. The highest BCUT2D eigenvalue weighted by molar-refractivity contribution is 5.42. The lowest BCUT2D eigenvalue weighted by molar-refractivity contribution is -0.106. The zero-order chi connectivity index (χ0) is 9.40. The van der Waals surface area contributed by atoms with Crippen LogP contribution in [0.15, 0.2) is 0 Å². The molecule has 0 radical (unpaired) electrons. The number of amides is 1. The molecule has 0 aromatic rings. The van der Waals surface area contributed by atoms with Gasteiger partial charge in [-0.25, -0.2) is 0 Å². The molecule has 1 fully saturated rings. The minimum atomic E-state index is 0.250. The molecule has 1 heterocycles. The van der Waals surface area contributed by atoms with Gasteiger partial charge in [-0.05, 0) is 40.0 Å². The second-order valence-corrected chi connectivity index (χ2v) is 3.08. The van der Waals surface area contributed by atoms with Crippen molar-refractivity contribution in [2.75, 3.05) is 27.2 Å². The SMILES string of the molecule is CN(C)C1CCNCC1.NC=O. The number of rotatable bonds is 1. The van der Waals surface area contributed by atoms with E-state index in [4.69, 9.17) is 4.79 Å². The molecule has 1 amide bonds. The lowest BCUT2D eigenvalue weighted by Gasteiger charge is -2.28. The van der Waals surface area contributed by atoms with Crippen LogP contribution in [-0.2, 0) is 4.79 Å². The van der Waals surface area contributed by atoms with Crippen molar-refractivity contribution in [3.05, 3.63) is 0 Å². The predicted molar refractivity (Wildman–Crippen MR) is 49.8 cm³/mol. The molecular weight excluding hydrogens is 154 g/mol. The highest BCUT2D eigenvalue weighted by atomic mass is 16.1. The van der Waals surface area contributed by atoms with Gasteiger partial charge in [0.15, 0.2) is 0 Å². The number of carbonyl (C=O) groups excluding carboxylic acids is 1. The topological polar surface area (TPSA) is 58.4 Å². The first kappa shape index (κ1) is 11.4. The van der Waals surface area contributed by atoms with Crippen molar-refractivity contribution in [3.63, 3.8) is 0 Å². The van der Waals surface area contributed by atoms with Gasteiger partial charge in [-0.15, -0.1) is 0 Å². The molecule has 0 spiro atoms. The number of piperidine rings is 1. The van der Waals surface area contributed by atoms with Crippen LogP contribution in [-0.4, -0.2) is 44.5 Å². The van der Waals surface area contributed by atoms with E-state index in [1.165, 1.54) is 25.9 Å². The molecule has 0 aliphatic carbocycles. The van der Waals surface area contributed by atoms with Crippen LogP contribution in [0.1, 0.15) is 12.8 Å². The van der Waals surface area contributed by atoms with E-state index in [0.717, 1.165) is 6.04 Å². The molecule has 0 atom stereocenters. The van der Waals surface area contributed by atoms with E-state index in [2.05, 4.69) is 30.0 Å². The van der Waals surface area contributed by atoms with E-state index in [1.807, 2.05) is 0 Å². The van der Waals surface area contributed by atoms with Gasteiger partial charge < -0.3 is 16.0 Å². The maximum absolute atomic E-state index is 8.58. The maximum Gasteiger partial charge on any atom is 0.204 e. The Hall–Kier alpha value is -0.610. The lowest BCUT2D eigenvalue weighted by Crippen LogP contribution is -2.39. The van der Waals surface area contributed by atoms with E-state index in [-0.39, 0.29) is 6.41 Å². The van der Waals surface area contributed by atoms with Gasteiger partial charge in [0.25, 0.3) is 0 Å². The van der Waals surface area contributed by atoms with Crippen LogP contribution in [0.5, 0.6) is 0 Å². The fourth-order valence-corrected chi connectivity index (χ4v) is 1.32. The van der Waals surface area contributed by atoms with Crippen LogP contribution in [0.25, 0.3) is 0 Å². The van der Waals surface area contributed by atoms with Crippen LogP contribution in [0.2, 0.25) is 0 Å². The number of nitrogens with zero attached hydrogens (tertiary/aromatic N) is 1. The molecule has 0 bridgehead atoms. The summed E-state index contributed by atoms with van der Waals surface area (Å²) >= 11 is 0. The van der Waals surface area contributed by atoms with E-state index in [0.29, 0.717) is 0 Å². The molecule has 1 rings (SSSR count). The van der Waals surface area contributed by atoms with Crippen LogP contribution in [0.4, 0.5) is 0 Å². The average molecular weight is 173 g/mol. The molecule has 0 aromatic heterocycles. The van der Waals surface area contributed by atoms with E-state index < -0.39 is 0 Å². The van der Waals surface area contributed by atoms with Crippen molar-refractivity contribution < 1.29 is 4.79 Å². The van der Waals surface area contributed by atoms with Crippen molar-refractivity contribution in [1.29, 1.82) is 0 Å². The fraction of sp³-hybridized carbons (Fsp3) is 0.875. The Morgan fingerprint density at radius 2 is 1.83 bits per heavy atom. The summed E-state index contributed by atoms with van der Waals surface area (Å²) in [6, 6.07) is 0.825. The summed E-state index contributed by atoms with van der Waals surface area (Å²) in [6.45, 7) is 2.39. The number of hydrogen-bond acceptors (Lipinski definition) is 3. The average Bonchev–Trinajstić information content (AvgIpc) is 2.07. The lowest BCUT2D eigenvalue weighted by atomic mass is 10.1. The third-order valence-corrected chi connectivity index (χ3v) is 2.04. The second kappa shape index (κ2) is 7.06. The number of nitrogens with two attached hydrogens (primary N) is 1. The molecule has 3 N–H and O–H groups in total. The zero-order valence-electron chi connectivity index (χ0n) is 7.92. The van der Waals surface area contributed by atoms with Gasteiger partial charge in [-0.2, -0.15) is 0 Å². The molecule has 72 valence electrons. The normalized spacial score (nSPS) is 18.2. The molecule has 0 saturated carbocycles. The van der Waals surface area contributed by atoms with Crippen molar-refractivity contribution in [2.45, 2.75) is 18.9 Å². The first-order valence-corrected chi connectivity index (χ1v) is 4.25. The predicted octanol–water partition coefficient (Wildman–Crippen LogP) is -0.598. The number of primary amides is 1. The third-order valence-electron chi connectivity index (χ3n) is 2.04. The molecule has 12 heavy (non-hydrogen) atoms. The van der Waals surface area contributed by atoms with Gasteiger partial charge in [0.2, 0.25) is 6.41 Å². The molecular formula is C8H19N3O. The Morgan fingerprint density at radius 3 is 2.08 bits per heavy atom. The highest BCUT2D eigenvalue weighted by Gasteiger charge is 2.13. The fourth-order valence-electron chi connectivity index (χ4n) is 1.32. The monoisotopic (exact) mass is 173 g/mol. The van der Waals surface area contributed by atoms with Crippen molar-refractivity contribution in [1.82, 2.24) is 10.2 Å². The van der Waals surface area contributed by atoms with Crippen LogP contribution < -0.4 is 11.1 Å². The quantitative estimate of drug-likeness (QED) is 0.521. The summed E-state index contributed by atoms with van der Waals surface area (Å²) in [6.07, 6.45) is 2.88. The minimum Gasteiger partial charge on any atom is -0.372 e. The van der Waals surface area contributed by atoms with E-state index >= 15 is 0 Å². The van der Waals surface area contributed by atoms with Crippen molar-refractivity contribution in [2.24, 2.45) is 5.73 Å². The van der Waals surface area contributed by atoms with Crippen LogP contribution in [0.3, 0.4) is 0 Å². The summed E-state index contributed by atoms with van der Waals surface area (Å²) in [5.41, 5.74) is 4.17. The molecule has 1 aliphatic heterocycles. The van der Waals surface area contributed by atoms with Gasteiger partial charge in [0.1, 0.15) is 0 Å². The first-order chi connectivity index (χ1) is 5.72. The molecule has 1 aliphatic rings. The smallest absolute Gasteiger partial charge is 0.204 e. The minimum absolute atomic E-state index is 0.250. The van der Waals surface area contributed by atoms with Gasteiger partial charge in [-0.3, -0.25) is 4.79 Å². The Bertz CT molecular complexity index is 111. The highest BCUT2D eigenvalue weighted by Crippen LogP contribution is 2.06. The largest absolute Gasteiger partial charge is 0.372 e. The van der Waals surface area contributed by atoms with Crippen LogP contribution >= 0.6 is 0 Å². The summed E-state index contributed by atoms with van der Waals surface area (Å²) in [5.74, 6) is 0. The van der Waals surface area contributed by atoms with Crippen molar-refractivity contribution in [3.8, 4) is 0 Å². The van der Waals surface area contributed by atoms with Gasteiger partial charge >= 0.3 is 0 Å². The van der Waals surface area contributed by atoms with Crippen LogP contribution in [0, 0.1) is 0 Å². The standard InChI is InChI=1S/C7H16N2.CH3NO/c1-9(2)7-3-5-8-6-4-7;2-1-3/h7-8H,3-6H2,1-2H3;1H,(H2,2,3). The van der Waals surface area contributed by atoms with Gasteiger partial charge in [-0.1, -0.05) is 0 Å². The zero-order valence-corrected chi connectivity index (χ0v) is 7.92. The first-order valence-electron chi connectivity index (χ1n) is 4.25. The Morgan fingerprint density at radius 1 is 1.42 bits per heavy atom. The summed E-state index contributed by atoms with van der Waals surface area (Å²) < 4.78 is 0. The van der Waals surface area contributed by atoms with Crippen molar-refractivity contribution >= 4 is 6.41 Å². The molecule has 0 aromatic carbocycles. The Labute approximate surface area is 74.1 Å². The Balaban J connectivity index is 0.000000354. The molecule has 4 nitrogen and oxygen atoms in total. The van der Waals surface area contributed by atoms with E-state index in [1.54, 1.807) is 0 Å². The van der Waals surface area contributed by atoms with E-state index in [9.17, 15) is 0 Å². The second-order valence-electron chi connectivity index (χ2n) is 3.08. The molecule has 0 unspecified atom stereocenters. The van der Waals surface area contributed by atoms with Gasteiger partial charge in [0, 0.05) is 6.04 Å². The number of hydrogen-bond donors (Lipinski definition) is 2. The number of nitrogens with one attached hydrogen (secondary N) is 1. The summed E-state index contributed by atoms with van der Waals surface area (Å²) in [7, 11) is 4.33. The Kier molecular flexibility index (Phi) is 6.70. The number of carbonyl (C=O) groups is 1. The third kappa shape index (κ3) is 5.09. The summed E-state index contributed by atoms with van der Waals surface area (Å²) in [5, 5.41) is 3.34. The molecule has 1 saturated heterocycles. The maximum atomic E-state index is 8.58. The van der Waals surface area contributed by atoms with Gasteiger partial charge in [0.05, 0.1) is 0 Å². The summed E-state index contributed by atoms with van der Waals surface area (Å²) in [4.78, 5) is 10.9.